The van der Waals surface area contributed by atoms with Gasteiger partial charge in [0.2, 0.25) is 6.41 Å². The molecule has 0 fully saturated rings. The van der Waals surface area contributed by atoms with Gasteiger partial charge in [0.15, 0.2) is 0 Å². The zero-order valence-electron chi connectivity index (χ0n) is 11.8. The molecule has 0 aliphatic carbocycles. The Morgan fingerprint density at radius 3 is 2.56 bits per heavy atom. The van der Waals surface area contributed by atoms with E-state index in [-0.39, 0.29) is 6.61 Å². The number of nitrogens with zero attached hydrogens (tertiary/aromatic N) is 1. The van der Waals surface area contributed by atoms with Crippen LogP contribution in [0.2, 0.25) is 0 Å². The topological polar surface area (TPSA) is 40.5 Å². The fraction of sp³-hybridized carbons (Fsp3) is 0.769. The highest BCUT2D eigenvalue weighted by Crippen LogP contribution is 2.35. The van der Waals surface area contributed by atoms with Crippen molar-refractivity contribution in [3.05, 3.63) is 10.6 Å². The monoisotopic (exact) mass is 291 g/mol. The van der Waals surface area contributed by atoms with E-state index in [1.54, 1.807) is 26.5 Å². The summed E-state index contributed by atoms with van der Waals surface area (Å²) in [5.74, 6) is 1.81. The molecule has 0 aliphatic rings. The van der Waals surface area contributed by atoms with E-state index in [0.717, 1.165) is 22.8 Å². The first-order valence-corrected chi connectivity index (χ1v) is 8.70. The molecule has 0 heterocycles. The molecule has 0 aromatic heterocycles. The molecule has 0 rings (SSSR count). The molecule has 0 spiro atoms. The van der Waals surface area contributed by atoms with Gasteiger partial charge in [0, 0.05) is 35.9 Å². The zero-order chi connectivity index (χ0) is 14.0. The Morgan fingerprint density at radius 2 is 2.11 bits per heavy atom. The largest absolute Gasteiger partial charge is 0.396 e. The molecule has 0 saturated carbocycles. The lowest BCUT2D eigenvalue weighted by molar-refractivity contribution is -0.116. The standard InChI is InChI=1S/C13H25NO2S2/c1-5-14(10-16)12(4)13(6-8-15)18-17-9-7-11(2)3/h10-11,15H,5-9H2,1-4H3/b13-12-. The molecule has 0 aromatic rings. The van der Waals surface area contributed by atoms with E-state index in [1.165, 1.54) is 6.42 Å². The maximum Gasteiger partial charge on any atom is 0.213 e. The van der Waals surface area contributed by atoms with E-state index < -0.39 is 0 Å². The number of hydrogen-bond donors (Lipinski definition) is 1. The summed E-state index contributed by atoms with van der Waals surface area (Å²) in [4.78, 5) is 13.7. The quantitative estimate of drug-likeness (QED) is 0.380. The minimum absolute atomic E-state index is 0.126. The Kier molecular flexibility index (Phi) is 10.7. The molecule has 5 heteroatoms. The van der Waals surface area contributed by atoms with E-state index >= 15 is 0 Å². The van der Waals surface area contributed by atoms with Crippen molar-refractivity contribution in [3.8, 4) is 0 Å². The van der Waals surface area contributed by atoms with Gasteiger partial charge in [-0.3, -0.25) is 4.79 Å². The van der Waals surface area contributed by atoms with Gasteiger partial charge in [0.25, 0.3) is 0 Å². The van der Waals surface area contributed by atoms with Crippen LogP contribution in [-0.2, 0) is 4.79 Å². The summed E-state index contributed by atoms with van der Waals surface area (Å²) >= 11 is 0. The predicted molar refractivity (Wildman–Crippen MR) is 82.4 cm³/mol. The highest BCUT2D eigenvalue weighted by molar-refractivity contribution is 8.78. The van der Waals surface area contributed by atoms with Crippen LogP contribution in [0.5, 0.6) is 0 Å². The van der Waals surface area contributed by atoms with Gasteiger partial charge in [-0.2, -0.15) is 0 Å². The third-order valence-electron chi connectivity index (χ3n) is 2.58. The maximum atomic E-state index is 10.9. The number of amides is 1. The average molecular weight is 291 g/mol. The van der Waals surface area contributed by atoms with Crippen LogP contribution in [0, 0.1) is 5.92 Å². The molecular weight excluding hydrogens is 266 g/mol. The summed E-state index contributed by atoms with van der Waals surface area (Å²) in [5, 5.41) is 9.09. The smallest absolute Gasteiger partial charge is 0.213 e. The van der Waals surface area contributed by atoms with Crippen LogP contribution in [0.1, 0.15) is 40.5 Å². The van der Waals surface area contributed by atoms with Crippen molar-refractivity contribution < 1.29 is 9.90 Å². The minimum atomic E-state index is 0.126. The highest BCUT2D eigenvalue weighted by Gasteiger charge is 2.09. The first-order valence-electron chi connectivity index (χ1n) is 6.38. The Labute approximate surface area is 119 Å². The van der Waals surface area contributed by atoms with Gasteiger partial charge in [-0.15, -0.1) is 0 Å². The molecule has 0 radical (unpaired) electrons. The summed E-state index contributed by atoms with van der Waals surface area (Å²) in [6.07, 6.45) is 2.66. The van der Waals surface area contributed by atoms with E-state index in [9.17, 15) is 4.79 Å². The second-order valence-electron chi connectivity index (χ2n) is 4.46. The fourth-order valence-corrected chi connectivity index (χ4v) is 4.11. The molecule has 0 saturated heterocycles. The van der Waals surface area contributed by atoms with Crippen molar-refractivity contribution in [2.24, 2.45) is 5.92 Å². The normalized spacial score (nSPS) is 12.6. The third-order valence-corrected chi connectivity index (χ3v) is 5.26. The first-order chi connectivity index (χ1) is 8.56. The number of aliphatic hydroxyl groups excluding tert-OH is 1. The molecular formula is C13H25NO2S2. The predicted octanol–water partition coefficient (Wildman–Crippen LogP) is 3.51. The van der Waals surface area contributed by atoms with Crippen molar-refractivity contribution in [2.75, 3.05) is 18.9 Å². The van der Waals surface area contributed by atoms with Crippen LogP contribution >= 0.6 is 21.6 Å². The Morgan fingerprint density at radius 1 is 1.44 bits per heavy atom. The summed E-state index contributed by atoms with van der Waals surface area (Å²) in [6.45, 7) is 9.12. The lowest BCUT2D eigenvalue weighted by Gasteiger charge is -2.19. The summed E-state index contributed by atoms with van der Waals surface area (Å²) in [5.41, 5.74) is 0.962. The number of hydrogen-bond acceptors (Lipinski definition) is 4. The molecule has 1 N–H and O–H groups in total. The summed E-state index contributed by atoms with van der Waals surface area (Å²) in [7, 11) is 3.49. The number of aliphatic hydroxyl groups is 1. The molecule has 3 nitrogen and oxygen atoms in total. The molecule has 0 unspecified atom stereocenters. The van der Waals surface area contributed by atoms with Crippen molar-refractivity contribution in [1.29, 1.82) is 0 Å². The molecule has 0 aromatic carbocycles. The number of carbonyl (C=O) groups is 1. The van der Waals surface area contributed by atoms with E-state index in [2.05, 4.69) is 13.8 Å². The second-order valence-corrected chi connectivity index (χ2v) is 6.97. The van der Waals surface area contributed by atoms with E-state index in [0.29, 0.717) is 18.9 Å². The fourth-order valence-electron chi connectivity index (χ4n) is 1.33. The van der Waals surface area contributed by atoms with Gasteiger partial charge in [0.05, 0.1) is 0 Å². The van der Waals surface area contributed by atoms with Gasteiger partial charge >= 0.3 is 0 Å². The second kappa shape index (κ2) is 10.8. The molecule has 1 amide bonds. The van der Waals surface area contributed by atoms with Crippen molar-refractivity contribution in [1.82, 2.24) is 4.90 Å². The van der Waals surface area contributed by atoms with Crippen LogP contribution in [0.15, 0.2) is 10.6 Å². The van der Waals surface area contributed by atoms with Gasteiger partial charge in [-0.1, -0.05) is 35.4 Å². The first kappa shape index (κ1) is 17.9. The zero-order valence-corrected chi connectivity index (χ0v) is 13.4. The molecule has 106 valence electrons. The average Bonchev–Trinajstić information content (AvgIpc) is 2.34. The number of allylic oxidation sites excluding steroid dienone is 1. The molecule has 18 heavy (non-hydrogen) atoms. The van der Waals surface area contributed by atoms with Crippen LogP contribution < -0.4 is 0 Å². The Hall–Kier alpha value is -0.130. The number of carbonyl (C=O) groups excluding carboxylic acids is 1. The highest BCUT2D eigenvalue weighted by atomic mass is 33.1. The van der Waals surface area contributed by atoms with Gasteiger partial charge in [-0.05, 0) is 26.2 Å². The van der Waals surface area contributed by atoms with Crippen molar-refractivity contribution in [3.63, 3.8) is 0 Å². The van der Waals surface area contributed by atoms with Gasteiger partial charge in [0.1, 0.15) is 0 Å². The lowest BCUT2D eigenvalue weighted by Crippen LogP contribution is -2.20. The van der Waals surface area contributed by atoms with Crippen molar-refractivity contribution in [2.45, 2.75) is 40.5 Å². The van der Waals surface area contributed by atoms with Crippen LogP contribution in [0.4, 0.5) is 0 Å². The molecule has 0 atom stereocenters. The summed E-state index contributed by atoms with van der Waals surface area (Å²) in [6, 6.07) is 0. The Bertz CT molecular complexity index is 268. The molecule has 0 aliphatic heterocycles. The maximum absolute atomic E-state index is 10.9. The van der Waals surface area contributed by atoms with E-state index in [1.807, 2.05) is 13.8 Å². The van der Waals surface area contributed by atoms with Gasteiger partial charge < -0.3 is 10.0 Å². The van der Waals surface area contributed by atoms with Crippen LogP contribution in [0.25, 0.3) is 0 Å². The summed E-state index contributed by atoms with van der Waals surface area (Å²) < 4.78 is 0. The third kappa shape index (κ3) is 7.34. The van der Waals surface area contributed by atoms with Crippen LogP contribution in [0.3, 0.4) is 0 Å². The lowest BCUT2D eigenvalue weighted by atomic mass is 10.2. The Balaban J connectivity index is 4.43. The van der Waals surface area contributed by atoms with Crippen LogP contribution in [-0.4, -0.2) is 35.3 Å². The minimum Gasteiger partial charge on any atom is -0.396 e. The van der Waals surface area contributed by atoms with Gasteiger partial charge in [-0.25, -0.2) is 0 Å². The molecule has 0 bridgehead atoms. The van der Waals surface area contributed by atoms with E-state index in [4.69, 9.17) is 5.11 Å². The number of rotatable bonds is 10. The van der Waals surface area contributed by atoms with Crippen molar-refractivity contribution >= 4 is 28.0 Å². The SMILES string of the molecule is CCN(C=O)/C(C)=C(/CCO)SSCCC(C)C.